The zero-order chi connectivity index (χ0) is 24.2. The zero-order valence-electron chi connectivity index (χ0n) is 18.5. The molecule has 3 aromatic carbocycles. The van der Waals surface area contributed by atoms with Gasteiger partial charge in [-0.2, -0.15) is 5.10 Å². The Labute approximate surface area is 205 Å². The Morgan fingerprint density at radius 2 is 1.56 bits per heavy atom. The molecule has 8 heteroatoms. The van der Waals surface area contributed by atoms with Crippen LogP contribution in [0, 0.1) is 24.0 Å². The van der Waals surface area contributed by atoms with Gasteiger partial charge in [0.2, 0.25) is 0 Å². The third kappa shape index (κ3) is 4.97. The third-order valence-corrected chi connectivity index (χ3v) is 6.01. The number of halogens is 1. The highest BCUT2D eigenvalue weighted by atomic mass is 79.9. The van der Waals surface area contributed by atoms with E-state index in [1.54, 1.807) is 42.6 Å². The van der Waals surface area contributed by atoms with Gasteiger partial charge in [-0.1, -0.05) is 28.1 Å². The predicted octanol–water partition coefficient (Wildman–Crippen LogP) is 6.20. The van der Waals surface area contributed by atoms with Crippen molar-refractivity contribution in [1.82, 2.24) is 9.99 Å². The molecule has 0 spiro atoms. The van der Waals surface area contributed by atoms with Crippen LogP contribution in [0.25, 0.3) is 16.8 Å². The number of hydrogen-bond acceptors (Lipinski definition) is 4. The number of carbonyl (C=O) groups is 1. The van der Waals surface area contributed by atoms with Crippen LogP contribution in [0.3, 0.4) is 0 Å². The topological polar surface area (TPSA) is 89.5 Å². The second kappa shape index (κ2) is 9.84. The number of nitro groups is 1. The molecule has 34 heavy (non-hydrogen) atoms. The third-order valence-electron chi connectivity index (χ3n) is 5.48. The Balaban J connectivity index is 1.50. The van der Waals surface area contributed by atoms with E-state index < -0.39 is 4.92 Å². The molecule has 0 atom stereocenters. The number of amides is 1. The van der Waals surface area contributed by atoms with E-state index in [1.807, 2.05) is 44.2 Å². The van der Waals surface area contributed by atoms with Crippen LogP contribution < -0.4 is 5.43 Å². The Morgan fingerprint density at radius 1 is 0.971 bits per heavy atom. The van der Waals surface area contributed by atoms with Crippen molar-refractivity contribution < 1.29 is 9.72 Å². The fourth-order valence-electron chi connectivity index (χ4n) is 3.72. The van der Waals surface area contributed by atoms with E-state index in [-0.39, 0.29) is 11.6 Å². The highest BCUT2D eigenvalue weighted by Gasteiger charge is 2.11. The van der Waals surface area contributed by atoms with Gasteiger partial charge in [-0.25, -0.2) is 5.43 Å². The van der Waals surface area contributed by atoms with E-state index in [4.69, 9.17) is 0 Å². The first kappa shape index (κ1) is 23.1. The average Bonchev–Trinajstić information content (AvgIpc) is 3.12. The number of hydrogen-bond donors (Lipinski definition) is 1. The summed E-state index contributed by atoms with van der Waals surface area (Å²) in [5, 5.41) is 15.0. The molecule has 170 valence electrons. The standard InChI is InChI=1S/C26H21BrN4O3/c1-17-15-22(16-28-29-26(32)21-3-9-23(27)10-4-21)18(2)30(17)24-11-5-19(6-12-24)20-7-13-25(14-8-20)31(33)34/h3-16H,1-2H3,(H,29,32)/b28-16-. The maximum Gasteiger partial charge on any atom is 0.271 e. The smallest absolute Gasteiger partial charge is 0.271 e. The van der Waals surface area contributed by atoms with Crippen molar-refractivity contribution in [3.63, 3.8) is 0 Å². The number of non-ortho nitro benzene ring substituents is 1. The Bertz CT molecular complexity index is 1370. The van der Waals surface area contributed by atoms with Gasteiger partial charge in [0, 0.05) is 44.8 Å². The van der Waals surface area contributed by atoms with Crippen LogP contribution in [0.15, 0.2) is 88.4 Å². The van der Waals surface area contributed by atoms with Gasteiger partial charge in [-0.3, -0.25) is 14.9 Å². The Morgan fingerprint density at radius 3 is 2.15 bits per heavy atom. The van der Waals surface area contributed by atoms with Crippen LogP contribution in [-0.4, -0.2) is 21.6 Å². The lowest BCUT2D eigenvalue weighted by Gasteiger charge is -2.11. The quantitative estimate of drug-likeness (QED) is 0.188. The first-order valence-corrected chi connectivity index (χ1v) is 11.3. The van der Waals surface area contributed by atoms with Crippen LogP contribution in [0.1, 0.15) is 27.3 Å². The number of carbonyl (C=O) groups excluding carboxylic acids is 1. The van der Waals surface area contributed by atoms with Crippen LogP contribution in [0.2, 0.25) is 0 Å². The summed E-state index contributed by atoms with van der Waals surface area (Å²) in [7, 11) is 0. The Kier molecular flexibility index (Phi) is 6.70. The summed E-state index contributed by atoms with van der Waals surface area (Å²) in [6, 6.07) is 23.6. The second-order valence-electron chi connectivity index (χ2n) is 7.72. The fourth-order valence-corrected chi connectivity index (χ4v) is 3.98. The van der Waals surface area contributed by atoms with Crippen molar-refractivity contribution >= 4 is 33.7 Å². The first-order valence-electron chi connectivity index (χ1n) is 10.5. The summed E-state index contributed by atoms with van der Waals surface area (Å²) in [6.07, 6.45) is 1.64. The predicted molar refractivity (Wildman–Crippen MR) is 137 cm³/mol. The Hall–Kier alpha value is -4.04. The number of nitrogens with one attached hydrogen (secondary N) is 1. The number of hydrazone groups is 1. The van der Waals surface area contributed by atoms with Crippen LogP contribution >= 0.6 is 15.9 Å². The number of nitro benzene ring substituents is 1. The molecule has 1 N–H and O–H groups in total. The molecule has 0 aliphatic heterocycles. The van der Waals surface area contributed by atoms with E-state index in [0.717, 1.165) is 38.2 Å². The molecule has 0 saturated carbocycles. The van der Waals surface area contributed by atoms with E-state index in [2.05, 4.69) is 31.0 Å². The molecule has 4 aromatic rings. The molecule has 0 bridgehead atoms. The van der Waals surface area contributed by atoms with Gasteiger partial charge in [0.1, 0.15) is 0 Å². The number of nitrogens with zero attached hydrogens (tertiary/aromatic N) is 3. The van der Waals surface area contributed by atoms with Crippen molar-refractivity contribution in [1.29, 1.82) is 0 Å². The van der Waals surface area contributed by atoms with Crippen molar-refractivity contribution in [2.45, 2.75) is 13.8 Å². The van der Waals surface area contributed by atoms with E-state index in [0.29, 0.717) is 5.56 Å². The van der Waals surface area contributed by atoms with Gasteiger partial charge in [0.05, 0.1) is 11.1 Å². The summed E-state index contributed by atoms with van der Waals surface area (Å²) in [5.74, 6) is -0.278. The minimum absolute atomic E-state index is 0.0705. The summed E-state index contributed by atoms with van der Waals surface area (Å²) in [5.41, 5.74) is 8.94. The number of benzene rings is 3. The fraction of sp³-hybridized carbons (Fsp3) is 0.0769. The zero-order valence-corrected chi connectivity index (χ0v) is 20.1. The summed E-state index contributed by atoms with van der Waals surface area (Å²) in [6.45, 7) is 4.00. The summed E-state index contributed by atoms with van der Waals surface area (Å²) in [4.78, 5) is 22.7. The average molecular weight is 517 g/mol. The molecule has 1 aromatic heterocycles. The van der Waals surface area contributed by atoms with E-state index in [9.17, 15) is 14.9 Å². The maximum atomic E-state index is 12.2. The molecule has 0 aliphatic carbocycles. The summed E-state index contributed by atoms with van der Waals surface area (Å²) >= 11 is 3.35. The normalized spacial score (nSPS) is 11.0. The lowest BCUT2D eigenvalue weighted by atomic mass is 10.0. The first-order chi connectivity index (χ1) is 16.3. The van der Waals surface area contributed by atoms with Crippen molar-refractivity contribution in [3.8, 4) is 16.8 Å². The lowest BCUT2D eigenvalue weighted by Crippen LogP contribution is -2.17. The molecule has 0 unspecified atom stereocenters. The van der Waals surface area contributed by atoms with E-state index in [1.165, 1.54) is 12.1 Å². The number of aryl methyl sites for hydroxylation is 1. The molecular weight excluding hydrogens is 496 g/mol. The maximum absolute atomic E-state index is 12.2. The van der Waals surface area contributed by atoms with Gasteiger partial charge in [0.25, 0.3) is 11.6 Å². The highest BCUT2D eigenvalue weighted by Crippen LogP contribution is 2.25. The van der Waals surface area contributed by atoms with Crippen LogP contribution in [0.5, 0.6) is 0 Å². The number of rotatable bonds is 6. The van der Waals surface area contributed by atoms with Gasteiger partial charge >= 0.3 is 0 Å². The molecule has 0 aliphatic rings. The minimum atomic E-state index is -0.405. The van der Waals surface area contributed by atoms with E-state index >= 15 is 0 Å². The van der Waals surface area contributed by atoms with Crippen LogP contribution in [-0.2, 0) is 0 Å². The molecule has 0 radical (unpaired) electrons. The van der Waals surface area contributed by atoms with Crippen molar-refractivity contribution in [2.75, 3.05) is 0 Å². The minimum Gasteiger partial charge on any atom is -0.318 e. The lowest BCUT2D eigenvalue weighted by molar-refractivity contribution is -0.384. The van der Waals surface area contributed by atoms with Gasteiger partial charge in [-0.05, 0) is 79.6 Å². The molecule has 4 rings (SSSR count). The number of aromatic nitrogens is 1. The molecular formula is C26H21BrN4O3. The second-order valence-corrected chi connectivity index (χ2v) is 8.63. The van der Waals surface area contributed by atoms with Crippen LogP contribution in [0.4, 0.5) is 5.69 Å². The van der Waals surface area contributed by atoms with Gasteiger partial charge in [-0.15, -0.1) is 0 Å². The molecule has 1 heterocycles. The molecule has 7 nitrogen and oxygen atoms in total. The monoisotopic (exact) mass is 516 g/mol. The van der Waals surface area contributed by atoms with Crippen molar-refractivity contribution in [2.24, 2.45) is 5.10 Å². The molecule has 0 saturated heterocycles. The van der Waals surface area contributed by atoms with Crippen molar-refractivity contribution in [3.05, 3.63) is 116 Å². The highest BCUT2D eigenvalue weighted by molar-refractivity contribution is 9.10. The molecule has 0 fully saturated rings. The van der Waals surface area contributed by atoms with Gasteiger partial charge in [0.15, 0.2) is 0 Å². The largest absolute Gasteiger partial charge is 0.318 e. The summed E-state index contributed by atoms with van der Waals surface area (Å²) < 4.78 is 3.01. The molecule has 1 amide bonds. The SMILES string of the molecule is Cc1cc(/C=N\NC(=O)c2ccc(Br)cc2)c(C)n1-c1ccc(-c2ccc([N+](=O)[O-])cc2)cc1. The van der Waals surface area contributed by atoms with Gasteiger partial charge < -0.3 is 4.57 Å².